The Labute approximate surface area is 123 Å². The Balaban J connectivity index is 2.20. The summed E-state index contributed by atoms with van der Waals surface area (Å²) >= 11 is 0. The molecule has 2 amide bonds. The van der Waals surface area contributed by atoms with Gasteiger partial charge in [0.05, 0.1) is 4.90 Å². The second-order valence-corrected chi connectivity index (χ2v) is 6.55. The second-order valence-electron chi connectivity index (χ2n) is 4.84. The molecule has 1 aromatic rings. The number of benzene rings is 1. The SMILES string of the molecule is CCc1ccc(S(=O)(=O)NC2CCC(=O)NC2=O)cc1N. The number of sulfonamides is 1. The summed E-state index contributed by atoms with van der Waals surface area (Å²) in [6.07, 6.45) is 0.953. The van der Waals surface area contributed by atoms with Gasteiger partial charge in [0.25, 0.3) is 0 Å². The maximum atomic E-state index is 12.2. The minimum Gasteiger partial charge on any atom is -0.398 e. The van der Waals surface area contributed by atoms with Crippen LogP contribution < -0.4 is 15.8 Å². The molecule has 1 aliphatic rings. The highest BCUT2D eigenvalue weighted by Crippen LogP contribution is 2.19. The number of rotatable bonds is 4. The summed E-state index contributed by atoms with van der Waals surface area (Å²) in [6, 6.07) is 3.52. The largest absolute Gasteiger partial charge is 0.398 e. The van der Waals surface area contributed by atoms with E-state index in [1.807, 2.05) is 6.92 Å². The van der Waals surface area contributed by atoms with Crippen molar-refractivity contribution >= 4 is 27.5 Å². The number of anilines is 1. The number of nitrogen functional groups attached to an aromatic ring is 1. The maximum Gasteiger partial charge on any atom is 0.244 e. The van der Waals surface area contributed by atoms with Gasteiger partial charge in [-0.3, -0.25) is 14.9 Å². The number of piperidine rings is 1. The van der Waals surface area contributed by atoms with Crippen LogP contribution in [-0.2, 0) is 26.0 Å². The van der Waals surface area contributed by atoms with Crippen LogP contribution in [-0.4, -0.2) is 26.3 Å². The molecule has 1 saturated heterocycles. The van der Waals surface area contributed by atoms with Crippen LogP contribution in [0.1, 0.15) is 25.3 Å². The van der Waals surface area contributed by atoms with E-state index in [-0.39, 0.29) is 17.7 Å². The summed E-state index contributed by atoms with van der Waals surface area (Å²) in [4.78, 5) is 22.6. The standard InChI is InChI=1S/C13H17N3O4S/c1-2-8-3-4-9(7-10(8)14)21(19,20)16-11-5-6-12(17)15-13(11)18/h3-4,7,11,16H,2,5-6,14H2,1H3,(H,15,17,18). The first kappa shape index (κ1) is 15.5. The zero-order valence-electron chi connectivity index (χ0n) is 11.5. The molecule has 1 heterocycles. The van der Waals surface area contributed by atoms with Gasteiger partial charge in [-0.2, -0.15) is 4.72 Å². The Bertz CT molecular complexity index is 685. The third kappa shape index (κ3) is 3.40. The lowest BCUT2D eigenvalue weighted by Gasteiger charge is -2.21. The minimum absolute atomic E-state index is 0.00176. The zero-order chi connectivity index (χ0) is 15.6. The fraction of sp³-hybridized carbons (Fsp3) is 0.385. The van der Waals surface area contributed by atoms with Crippen molar-refractivity contribution in [1.29, 1.82) is 0 Å². The average molecular weight is 311 g/mol. The van der Waals surface area contributed by atoms with Crippen molar-refractivity contribution in [2.24, 2.45) is 0 Å². The van der Waals surface area contributed by atoms with Gasteiger partial charge in [0.15, 0.2) is 0 Å². The lowest BCUT2D eigenvalue weighted by Crippen LogP contribution is -2.52. The van der Waals surface area contributed by atoms with Crippen LogP contribution in [0.3, 0.4) is 0 Å². The smallest absolute Gasteiger partial charge is 0.244 e. The summed E-state index contributed by atoms with van der Waals surface area (Å²) in [5.74, 6) is -1.03. The Morgan fingerprint density at radius 3 is 2.67 bits per heavy atom. The zero-order valence-corrected chi connectivity index (χ0v) is 12.4. The van der Waals surface area contributed by atoms with Gasteiger partial charge in [-0.05, 0) is 30.5 Å². The molecule has 0 radical (unpaired) electrons. The Hall–Kier alpha value is -1.93. The van der Waals surface area contributed by atoms with Gasteiger partial charge in [0, 0.05) is 12.1 Å². The molecule has 0 saturated carbocycles. The molecule has 1 atom stereocenters. The molecule has 7 nitrogen and oxygen atoms in total. The van der Waals surface area contributed by atoms with Crippen LogP contribution >= 0.6 is 0 Å². The van der Waals surface area contributed by atoms with E-state index in [0.717, 1.165) is 5.56 Å². The fourth-order valence-corrected chi connectivity index (χ4v) is 3.39. The quantitative estimate of drug-likeness (QED) is 0.530. The molecule has 1 aliphatic heterocycles. The van der Waals surface area contributed by atoms with Crippen LogP contribution in [0.2, 0.25) is 0 Å². The van der Waals surface area contributed by atoms with Crippen LogP contribution in [0.25, 0.3) is 0 Å². The topological polar surface area (TPSA) is 118 Å². The third-order valence-corrected chi connectivity index (χ3v) is 4.81. The van der Waals surface area contributed by atoms with Crippen molar-refractivity contribution in [3.63, 3.8) is 0 Å². The molecule has 8 heteroatoms. The number of amides is 2. The summed E-state index contributed by atoms with van der Waals surface area (Å²) < 4.78 is 26.8. The van der Waals surface area contributed by atoms with Gasteiger partial charge in [-0.15, -0.1) is 0 Å². The molecule has 2 rings (SSSR count). The number of carbonyl (C=O) groups excluding carboxylic acids is 2. The summed E-state index contributed by atoms with van der Waals surface area (Å²) in [6.45, 7) is 1.92. The Kier molecular flexibility index (Phi) is 4.29. The maximum absolute atomic E-state index is 12.2. The first-order valence-corrected chi connectivity index (χ1v) is 8.06. The first-order valence-electron chi connectivity index (χ1n) is 6.58. The van der Waals surface area contributed by atoms with E-state index in [2.05, 4.69) is 10.0 Å². The highest BCUT2D eigenvalue weighted by atomic mass is 32.2. The molecular weight excluding hydrogens is 294 g/mol. The molecule has 1 aromatic carbocycles. The average Bonchev–Trinajstić information content (AvgIpc) is 2.42. The van der Waals surface area contributed by atoms with Gasteiger partial charge in [-0.1, -0.05) is 13.0 Å². The van der Waals surface area contributed by atoms with Crippen molar-refractivity contribution in [2.45, 2.75) is 37.1 Å². The predicted octanol–water partition coefficient (Wildman–Crippen LogP) is -0.0853. The molecular formula is C13H17N3O4S. The summed E-state index contributed by atoms with van der Waals surface area (Å²) in [7, 11) is -3.86. The van der Waals surface area contributed by atoms with Gasteiger partial charge >= 0.3 is 0 Å². The molecule has 114 valence electrons. The minimum atomic E-state index is -3.86. The van der Waals surface area contributed by atoms with Gasteiger partial charge in [-0.25, -0.2) is 8.42 Å². The normalized spacial score (nSPS) is 19.4. The number of hydrogen-bond acceptors (Lipinski definition) is 5. The van der Waals surface area contributed by atoms with Crippen LogP contribution in [0.4, 0.5) is 5.69 Å². The fourth-order valence-electron chi connectivity index (χ4n) is 2.12. The molecule has 1 unspecified atom stereocenters. The van der Waals surface area contributed by atoms with E-state index in [0.29, 0.717) is 12.1 Å². The molecule has 0 spiro atoms. The Morgan fingerprint density at radius 1 is 1.38 bits per heavy atom. The third-order valence-electron chi connectivity index (χ3n) is 3.35. The molecule has 0 bridgehead atoms. The van der Waals surface area contributed by atoms with E-state index in [4.69, 9.17) is 5.73 Å². The van der Waals surface area contributed by atoms with Crippen molar-refractivity contribution in [3.05, 3.63) is 23.8 Å². The number of imide groups is 1. The predicted molar refractivity (Wildman–Crippen MR) is 76.7 cm³/mol. The van der Waals surface area contributed by atoms with E-state index >= 15 is 0 Å². The van der Waals surface area contributed by atoms with Crippen molar-refractivity contribution in [3.8, 4) is 0 Å². The first-order chi connectivity index (χ1) is 9.83. The van der Waals surface area contributed by atoms with Crippen molar-refractivity contribution < 1.29 is 18.0 Å². The van der Waals surface area contributed by atoms with Crippen LogP contribution in [0.15, 0.2) is 23.1 Å². The van der Waals surface area contributed by atoms with Crippen LogP contribution in [0, 0.1) is 0 Å². The number of nitrogens with two attached hydrogens (primary N) is 1. The van der Waals surface area contributed by atoms with Crippen molar-refractivity contribution in [1.82, 2.24) is 10.0 Å². The number of carbonyl (C=O) groups is 2. The van der Waals surface area contributed by atoms with Gasteiger partial charge < -0.3 is 5.73 Å². The number of hydrogen-bond donors (Lipinski definition) is 3. The van der Waals surface area contributed by atoms with E-state index < -0.39 is 27.9 Å². The highest BCUT2D eigenvalue weighted by Gasteiger charge is 2.30. The Morgan fingerprint density at radius 2 is 2.10 bits per heavy atom. The molecule has 0 aliphatic carbocycles. The summed E-state index contributed by atoms with van der Waals surface area (Å²) in [5.41, 5.74) is 7.04. The lowest BCUT2D eigenvalue weighted by molar-refractivity contribution is -0.134. The van der Waals surface area contributed by atoms with E-state index in [1.165, 1.54) is 12.1 Å². The highest BCUT2D eigenvalue weighted by molar-refractivity contribution is 7.89. The van der Waals surface area contributed by atoms with Crippen molar-refractivity contribution in [2.75, 3.05) is 5.73 Å². The van der Waals surface area contributed by atoms with Gasteiger partial charge in [0.2, 0.25) is 21.8 Å². The molecule has 4 N–H and O–H groups in total. The number of nitrogens with one attached hydrogen (secondary N) is 2. The lowest BCUT2D eigenvalue weighted by atomic mass is 10.1. The monoisotopic (exact) mass is 311 g/mol. The number of aryl methyl sites for hydroxylation is 1. The molecule has 1 fully saturated rings. The molecule has 0 aromatic heterocycles. The van der Waals surface area contributed by atoms with Crippen LogP contribution in [0.5, 0.6) is 0 Å². The molecule has 21 heavy (non-hydrogen) atoms. The summed E-state index contributed by atoms with van der Waals surface area (Å²) in [5, 5.41) is 2.10. The van der Waals surface area contributed by atoms with Gasteiger partial charge in [0.1, 0.15) is 6.04 Å². The van der Waals surface area contributed by atoms with E-state index in [9.17, 15) is 18.0 Å². The second kappa shape index (κ2) is 5.82. The van der Waals surface area contributed by atoms with E-state index in [1.54, 1.807) is 6.07 Å².